The molecule has 0 aliphatic heterocycles. The van der Waals surface area contributed by atoms with Crippen LogP contribution in [0, 0.1) is 22.7 Å². The highest BCUT2D eigenvalue weighted by Crippen LogP contribution is 2.48. The van der Waals surface area contributed by atoms with E-state index in [1.54, 1.807) is 0 Å². The van der Waals surface area contributed by atoms with Gasteiger partial charge in [-0.25, -0.2) is 0 Å². The number of hydrogen-bond acceptors (Lipinski definition) is 2. The standard InChI is InChI=1S/C87H56N4/c88-57-59-21-25-65(26-22-59)67-29-37-73(38-30-67)87(74-39-31-68(32-40-74)66-27-23-60(58-89)24-28-66,75-41-45-77(46-42-75)90-83-49-33-69(61-13-5-1-6-14-61)53-79(83)80-54-70(34-50-84(80)90)62-15-7-2-8-16-62)76-43-47-78(48-44-76)91-85-51-35-71(63-17-9-3-10-18-63)55-81(85)82-56-72(36-52-86(82)91)64-19-11-4-12-20-64/h1-56H. The maximum absolute atomic E-state index is 9.71. The maximum Gasteiger partial charge on any atom is 0.0991 e. The molecule has 4 heteroatoms. The van der Waals surface area contributed by atoms with Crippen molar-refractivity contribution in [1.29, 1.82) is 10.5 Å². The topological polar surface area (TPSA) is 57.4 Å². The predicted molar refractivity (Wildman–Crippen MR) is 375 cm³/mol. The predicted octanol–water partition coefficient (Wildman–Crippen LogP) is 22.0. The van der Waals surface area contributed by atoms with Gasteiger partial charge in [-0.3, -0.25) is 0 Å². The first-order valence-electron chi connectivity index (χ1n) is 30.8. The number of aromatic nitrogens is 2. The first-order valence-corrected chi connectivity index (χ1v) is 30.8. The Morgan fingerprint density at radius 3 is 0.659 bits per heavy atom. The van der Waals surface area contributed by atoms with Gasteiger partial charge < -0.3 is 9.13 Å². The molecule has 0 saturated heterocycles. The van der Waals surface area contributed by atoms with Gasteiger partial charge in [0, 0.05) is 32.9 Å². The summed E-state index contributed by atoms with van der Waals surface area (Å²) in [6.45, 7) is 0. The zero-order chi connectivity index (χ0) is 60.8. The van der Waals surface area contributed by atoms with Crippen LogP contribution in [-0.2, 0) is 5.41 Å². The molecule has 0 fully saturated rings. The van der Waals surface area contributed by atoms with Crippen molar-refractivity contribution in [3.63, 3.8) is 0 Å². The van der Waals surface area contributed by atoms with Gasteiger partial charge in [-0.2, -0.15) is 10.5 Å². The van der Waals surface area contributed by atoms with Gasteiger partial charge in [0.1, 0.15) is 0 Å². The van der Waals surface area contributed by atoms with Crippen LogP contribution in [0.4, 0.5) is 0 Å². The molecule has 424 valence electrons. The highest BCUT2D eigenvalue weighted by atomic mass is 15.0. The highest BCUT2D eigenvalue weighted by Gasteiger charge is 2.39. The first kappa shape index (κ1) is 54.1. The molecule has 4 nitrogen and oxygen atoms in total. The van der Waals surface area contributed by atoms with Gasteiger partial charge in [-0.15, -0.1) is 0 Å². The average Bonchev–Trinajstić information content (AvgIpc) is 1.74. The van der Waals surface area contributed by atoms with E-state index in [9.17, 15) is 10.5 Å². The number of nitrogens with zero attached hydrogens (tertiary/aromatic N) is 4. The summed E-state index contributed by atoms with van der Waals surface area (Å²) in [5, 5.41) is 24.2. The smallest absolute Gasteiger partial charge is 0.0991 e. The summed E-state index contributed by atoms with van der Waals surface area (Å²) in [5.41, 5.74) is 25.0. The SMILES string of the molecule is N#Cc1ccc(-c2ccc(C(c3ccc(-c4ccc(C#N)cc4)cc3)(c3ccc(-n4c5ccc(-c6ccccc6)cc5c5cc(-c6ccccc6)ccc54)cc3)c3ccc(-n4c5ccc(-c6ccccc6)cc5c5cc(-c6ccccc6)ccc54)cc3)cc2)cc1. The summed E-state index contributed by atoms with van der Waals surface area (Å²) < 4.78 is 4.84. The molecular formula is C87H56N4. The van der Waals surface area contributed by atoms with E-state index in [4.69, 9.17) is 0 Å². The minimum atomic E-state index is -0.866. The number of rotatable bonds is 12. The molecule has 0 spiro atoms. The summed E-state index contributed by atoms with van der Waals surface area (Å²) >= 11 is 0. The Hall–Kier alpha value is -12.3. The van der Waals surface area contributed by atoms with Gasteiger partial charge in [-0.1, -0.05) is 243 Å². The van der Waals surface area contributed by atoms with E-state index in [0.29, 0.717) is 11.1 Å². The molecule has 14 aromatic carbocycles. The number of fused-ring (bicyclic) bond motifs is 6. The largest absolute Gasteiger partial charge is 0.309 e. The van der Waals surface area contributed by atoms with Crippen LogP contribution in [0.15, 0.2) is 340 Å². The van der Waals surface area contributed by atoms with Crippen molar-refractivity contribution >= 4 is 43.6 Å². The fraction of sp³-hybridized carbons (Fsp3) is 0.0115. The van der Waals surface area contributed by atoms with Crippen LogP contribution >= 0.6 is 0 Å². The van der Waals surface area contributed by atoms with E-state index in [0.717, 1.165) is 77.9 Å². The molecule has 2 aromatic heterocycles. The molecule has 0 atom stereocenters. The molecule has 0 aliphatic rings. The van der Waals surface area contributed by atoms with Crippen LogP contribution < -0.4 is 0 Å². The Morgan fingerprint density at radius 2 is 0.418 bits per heavy atom. The lowest BCUT2D eigenvalue weighted by Crippen LogP contribution is -2.31. The first-order chi connectivity index (χ1) is 45.0. The van der Waals surface area contributed by atoms with Crippen molar-refractivity contribution < 1.29 is 0 Å². The molecule has 2 heterocycles. The summed E-state index contributed by atoms with van der Waals surface area (Å²) in [5.74, 6) is 0. The van der Waals surface area contributed by atoms with E-state index in [-0.39, 0.29) is 0 Å². The molecule has 16 aromatic rings. The van der Waals surface area contributed by atoms with Gasteiger partial charge >= 0.3 is 0 Å². The van der Waals surface area contributed by atoms with Crippen molar-refractivity contribution in [1.82, 2.24) is 9.13 Å². The molecule has 0 radical (unpaired) electrons. The Labute approximate surface area is 529 Å². The van der Waals surface area contributed by atoms with Crippen LogP contribution in [0.3, 0.4) is 0 Å². The fourth-order valence-electron chi connectivity index (χ4n) is 13.9. The zero-order valence-corrected chi connectivity index (χ0v) is 49.6. The Kier molecular flexibility index (Phi) is 13.5. The van der Waals surface area contributed by atoms with Crippen LogP contribution in [0.1, 0.15) is 33.4 Å². The van der Waals surface area contributed by atoms with E-state index >= 15 is 0 Å². The molecule has 0 saturated carbocycles. The summed E-state index contributed by atoms with van der Waals surface area (Å²) in [4.78, 5) is 0. The lowest BCUT2D eigenvalue weighted by atomic mass is 9.65. The molecular weight excluding hydrogens is 1100 g/mol. The highest BCUT2D eigenvalue weighted by molar-refractivity contribution is 6.13. The van der Waals surface area contributed by atoms with Crippen LogP contribution in [-0.4, -0.2) is 9.13 Å². The van der Waals surface area contributed by atoms with Gasteiger partial charge in [0.25, 0.3) is 0 Å². The van der Waals surface area contributed by atoms with Crippen molar-refractivity contribution in [2.45, 2.75) is 5.41 Å². The molecule has 0 aliphatic carbocycles. The number of benzene rings is 14. The monoisotopic (exact) mass is 1160 g/mol. The second-order valence-corrected chi connectivity index (χ2v) is 23.4. The van der Waals surface area contributed by atoms with E-state index < -0.39 is 5.41 Å². The average molecular weight is 1160 g/mol. The molecule has 0 N–H and O–H groups in total. The van der Waals surface area contributed by atoms with Crippen molar-refractivity contribution in [3.8, 4) is 90.3 Å². The van der Waals surface area contributed by atoms with E-state index in [1.807, 2.05) is 48.5 Å². The maximum atomic E-state index is 9.71. The van der Waals surface area contributed by atoms with Gasteiger partial charge in [0.15, 0.2) is 0 Å². The van der Waals surface area contributed by atoms with E-state index in [2.05, 4.69) is 312 Å². The van der Waals surface area contributed by atoms with E-state index in [1.165, 1.54) is 66.1 Å². The molecule has 0 amide bonds. The van der Waals surface area contributed by atoms with Gasteiger partial charge in [0.05, 0.1) is 50.7 Å². The summed E-state index contributed by atoms with van der Waals surface area (Å²) in [7, 11) is 0. The molecule has 0 unspecified atom stereocenters. The molecule has 91 heavy (non-hydrogen) atoms. The van der Waals surface area contributed by atoms with Crippen LogP contribution in [0.2, 0.25) is 0 Å². The van der Waals surface area contributed by atoms with Crippen molar-refractivity contribution in [3.05, 3.63) is 373 Å². The van der Waals surface area contributed by atoms with Gasteiger partial charge in [-0.05, 0) is 186 Å². The Morgan fingerprint density at radius 1 is 0.209 bits per heavy atom. The minimum Gasteiger partial charge on any atom is -0.309 e. The summed E-state index contributed by atoms with van der Waals surface area (Å²) in [6.07, 6.45) is 0. The Balaban J connectivity index is 0.903. The van der Waals surface area contributed by atoms with Crippen LogP contribution in [0.25, 0.3) is 122 Å². The minimum absolute atomic E-state index is 0.625. The molecule has 0 bridgehead atoms. The lowest BCUT2D eigenvalue weighted by molar-refractivity contribution is 0.744. The van der Waals surface area contributed by atoms with Gasteiger partial charge in [0.2, 0.25) is 0 Å². The fourth-order valence-corrected chi connectivity index (χ4v) is 13.9. The number of hydrogen-bond donors (Lipinski definition) is 0. The second-order valence-electron chi connectivity index (χ2n) is 23.4. The number of nitriles is 2. The van der Waals surface area contributed by atoms with Crippen molar-refractivity contribution in [2.24, 2.45) is 0 Å². The van der Waals surface area contributed by atoms with Crippen molar-refractivity contribution in [2.75, 3.05) is 0 Å². The normalized spacial score (nSPS) is 11.5. The Bertz CT molecular complexity index is 4900. The lowest BCUT2D eigenvalue weighted by Gasteiger charge is -2.37. The quantitative estimate of drug-likeness (QED) is 0.114. The second kappa shape index (κ2) is 22.7. The van der Waals surface area contributed by atoms with Crippen LogP contribution in [0.5, 0.6) is 0 Å². The molecule has 16 rings (SSSR count). The zero-order valence-electron chi connectivity index (χ0n) is 49.6. The summed E-state index contributed by atoms with van der Waals surface area (Å²) in [6, 6.07) is 127. The third-order valence-electron chi connectivity index (χ3n) is 18.4. The third kappa shape index (κ3) is 9.56. The third-order valence-corrected chi connectivity index (χ3v) is 18.4.